The Morgan fingerprint density at radius 2 is 1.96 bits per heavy atom. The first-order valence-electron chi connectivity index (χ1n) is 8.84. The molecule has 1 unspecified atom stereocenters. The van der Waals surface area contributed by atoms with Crippen LogP contribution in [0, 0.1) is 11.7 Å². The number of nitrogens with one attached hydrogen (secondary N) is 1. The molecule has 1 aromatic heterocycles. The summed E-state index contributed by atoms with van der Waals surface area (Å²) in [5, 5.41) is 5.61. The van der Waals surface area contributed by atoms with Crippen LogP contribution in [0.4, 0.5) is 4.39 Å². The summed E-state index contributed by atoms with van der Waals surface area (Å²) in [4.78, 5) is 16.5. The van der Waals surface area contributed by atoms with E-state index >= 15 is 0 Å². The minimum atomic E-state index is -1.29. The highest BCUT2D eigenvalue weighted by atomic mass is 32.2. The van der Waals surface area contributed by atoms with E-state index in [4.69, 9.17) is 0 Å². The van der Waals surface area contributed by atoms with Crippen molar-refractivity contribution < 1.29 is 13.4 Å². The molecule has 2 aromatic rings. The van der Waals surface area contributed by atoms with Gasteiger partial charge < -0.3 is 5.32 Å². The lowest BCUT2D eigenvalue weighted by Crippen LogP contribution is -2.39. The van der Waals surface area contributed by atoms with E-state index in [2.05, 4.69) is 17.2 Å². The summed E-state index contributed by atoms with van der Waals surface area (Å²) in [6.07, 6.45) is 4.29. The standard InChI is InChI=1S/C19H23FN2O2S2/c1-13-2-8-16(9-3-13)21-18(23)12-26(24)11-17-10-25-19(22-17)14-4-6-15(20)7-5-14/h4-7,10,13,16H,2-3,8-9,11-12H2,1H3,(H,21,23). The predicted molar refractivity (Wildman–Crippen MR) is 104 cm³/mol. The highest BCUT2D eigenvalue weighted by Gasteiger charge is 2.20. The number of thiazole rings is 1. The molecule has 3 rings (SSSR count). The second-order valence-electron chi connectivity index (χ2n) is 6.90. The summed E-state index contributed by atoms with van der Waals surface area (Å²) < 4.78 is 25.3. The normalized spacial score (nSPS) is 21.3. The van der Waals surface area contributed by atoms with Crippen LogP contribution in [0.25, 0.3) is 10.6 Å². The Kier molecular flexibility index (Phi) is 6.53. The Bertz CT molecular complexity index is 768. The molecule has 1 aliphatic rings. The van der Waals surface area contributed by atoms with Gasteiger partial charge in [0.15, 0.2) is 0 Å². The van der Waals surface area contributed by atoms with Crippen molar-refractivity contribution in [1.29, 1.82) is 0 Å². The quantitative estimate of drug-likeness (QED) is 0.809. The number of hydrogen-bond donors (Lipinski definition) is 1. The molecule has 140 valence electrons. The molecule has 1 N–H and O–H groups in total. The zero-order valence-electron chi connectivity index (χ0n) is 14.7. The fraction of sp³-hybridized carbons (Fsp3) is 0.474. The van der Waals surface area contributed by atoms with Crippen LogP contribution in [-0.4, -0.2) is 26.9 Å². The van der Waals surface area contributed by atoms with E-state index in [0.717, 1.165) is 42.2 Å². The highest BCUT2D eigenvalue weighted by molar-refractivity contribution is 7.84. The average Bonchev–Trinajstić information content (AvgIpc) is 3.05. The number of nitrogens with zero attached hydrogens (tertiary/aromatic N) is 1. The first-order chi connectivity index (χ1) is 12.5. The van der Waals surface area contributed by atoms with Crippen molar-refractivity contribution in [3.8, 4) is 10.6 Å². The second kappa shape index (κ2) is 8.86. The van der Waals surface area contributed by atoms with E-state index in [9.17, 15) is 13.4 Å². The molecule has 1 aromatic carbocycles. The van der Waals surface area contributed by atoms with E-state index < -0.39 is 10.8 Å². The summed E-state index contributed by atoms with van der Waals surface area (Å²) >= 11 is 1.43. The molecule has 7 heteroatoms. The van der Waals surface area contributed by atoms with Crippen molar-refractivity contribution in [3.63, 3.8) is 0 Å². The third-order valence-electron chi connectivity index (χ3n) is 4.62. The maximum absolute atomic E-state index is 13.0. The monoisotopic (exact) mass is 394 g/mol. The van der Waals surface area contributed by atoms with E-state index in [1.54, 1.807) is 12.1 Å². The Labute approximate surface area is 159 Å². The number of amides is 1. The summed E-state index contributed by atoms with van der Waals surface area (Å²) in [6, 6.07) is 6.36. The SMILES string of the molecule is CC1CCC(NC(=O)CS(=O)Cc2csc(-c3ccc(F)cc3)n2)CC1. The predicted octanol–water partition coefficient (Wildman–Crippen LogP) is 3.89. The van der Waals surface area contributed by atoms with Crippen LogP contribution in [-0.2, 0) is 21.3 Å². The van der Waals surface area contributed by atoms with Crippen LogP contribution in [0.15, 0.2) is 29.6 Å². The van der Waals surface area contributed by atoms with Gasteiger partial charge >= 0.3 is 0 Å². The number of carbonyl (C=O) groups is 1. The van der Waals surface area contributed by atoms with Gasteiger partial charge in [0, 0.05) is 27.8 Å². The van der Waals surface area contributed by atoms with Gasteiger partial charge in [0.05, 0.1) is 11.4 Å². The van der Waals surface area contributed by atoms with E-state index in [-0.39, 0.29) is 29.3 Å². The number of carbonyl (C=O) groups excluding carboxylic acids is 1. The van der Waals surface area contributed by atoms with Gasteiger partial charge in [-0.3, -0.25) is 9.00 Å². The maximum atomic E-state index is 13.0. The fourth-order valence-electron chi connectivity index (χ4n) is 3.13. The van der Waals surface area contributed by atoms with E-state index in [0.29, 0.717) is 5.69 Å². The topological polar surface area (TPSA) is 59.1 Å². The van der Waals surface area contributed by atoms with Crippen molar-refractivity contribution >= 4 is 28.0 Å². The molecule has 1 atom stereocenters. The molecular weight excluding hydrogens is 371 g/mol. The van der Waals surface area contributed by atoms with Gasteiger partial charge in [0.25, 0.3) is 0 Å². The van der Waals surface area contributed by atoms with Crippen LogP contribution < -0.4 is 5.32 Å². The van der Waals surface area contributed by atoms with Crippen molar-refractivity contribution in [1.82, 2.24) is 10.3 Å². The molecule has 0 spiro atoms. The van der Waals surface area contributed by atoms with E-state index in [1.807, 2.05) is 5.38 Å². The zero-order valence-corrected chi connectivity index (χ0v) is 16.4. The molecule has 1 heterocycles. The van der Waals surface area contributed by atoms with Crippen molar-refractivity contribution in [2.75, 3.05) is 5.75 Å². The minimum absolute atomic E-state index is 0.00939. The molecule has 1 aliphatic carbocycles. The van der Waals surface area contributed by atoms with Crippen molar-refractivity contribution in [2.45, 2.75) is 44.4 Å². The van der Waals surface area contributed by atoms with Crippen LogP contribution in [0.2, 0.25) is 0 Å². The number of rotatable bonds is 6. The third-order valence-corrected chi connectivity index (χ3v) is 6.77. The third kappa shape index (κ3) is 5.45. The van der Waals surface area contributed by atoms with Crippen LogP contribution in [0.5, 0.6) is 0 Å². The molecule has 1 fully saturated rings. The molecule has 0 bridgehead atoms. The van der Waals surface area contributed by atoms with Gasteiger partial charge in [0.2, 0.25) is 5.91 Å². The molecule has 4 nitrogen and oxygen atoms in total. The Hall–Kier alpha value is -1.60. The molecular formula is C19H23FN2O2S2. The molecule has 1 saturated carbocycles. The number of benzene rings is 1. The summed E-state index contributed by atoms with van der Waals surface area (Å²) in [6.45, 7) is 2.24. The summed E-state index contributed by atoms with van der Waals surface area (Å²) in [5.74, 6) is 0.571. The first-order valence-corrected chi connectivity index (χ1v) is 11.2. The minimum Gasteiger partial charge on any atom is -0.353 e. The Morgan fingerprint density at radius 1 is 1.27 bits per heavy atom. The smallest absolute Gasteiger partial charge is 0.232 e. The average molecular weight is 395 g/mol. The molecule has 0 saturated heterocycles. The van der Waals surface area contributed by atoms with E-state index in [1.165, 1.54) is 23.5 Å². The van der Waals surface area contributed by atoms with Gasteiger partial charge in [-0.25, -0.2) is 9.37 Å². The van der Waals surface area contributed by atoms with Gasteiger partial charge in [0.1, 0.15) is 16.6 Å². The highest BCUT2D eigenvalue weighted by Crippen LogP contribution is 2.25. The summed E-state index contributed by atoms with van der Waals surface area (Å²) in [7, 11) is -1.29. The first kappa shape index (κ1) is 19.2. The van der Waals surface area contributed by atoms with Crippen molar-refractivity contribution in [2.24, 2.45) is 5.92 Å². The lowest BCUT2D eigenvalue weighted by molar-refractivity contribution is -0.119. The molecule has 26 heavy (non-hydrogen) atoms. The van der Waals surface area contributed by atoms with Gasteiger partial charge in [-0.2, -0.15) is 0 Å². The van der Waals surface area contributed by atoms with Gasteiger partial charge in [-0.05, 0) is 55.9 Å². The van der Waals surface area contributed by atoms with Crippen LogP contribution in [0.1, 0.15) is 38.3 Å². The Morgan fingerprint density at radius 3 is 2.65 bits per heavy atom. The summed E-state index contributed by atoms with van der Waals surface area (Å²) in [5.41, 5.74) is 1.53. The number of aromatic nitrogens is 1. The fourth-order valence-corrected chi connectivity index (χ4v) is 5.02. The van der Waals surface area contributed by atoms with Crippen molar-refractivity contribution in [3.05, 3.63) is 41.2 Å². The molecule has 0 radical (unpaired) electrons. The molecule has 1 amide bonds. The second-order valence-corrected chi connectivity index (χ2v) is 9.22. The zero-order chi connectivity index (χ0) is 18.5. The van der Waals surface area contributed by atoms with Crippen LogP contribution >= 0.6 is 11.3 Å². The molecule has 0 aliphatic heterocycles. The Balaban J connectivity index is 1.49. The number of hydrogen-bond acceptors (Lipinski definition) is 4. The lowest BCUT2D eigenvalue weighted by Gasteiger charge is -2.26. The maximum Gasteiger partial charge on any atom is 0.232 e. The largest absolute Gasteiger partial charge is 0.353 e. The lowest BCUT2D eigenvalue weighted by atomic mass is 9.87. The van der Waals surface area contributed by atoms with Gasteiger partial charge in [-0.15, -0.1) is 11.3 Å². The number of halogens is 1. The van der Waals surface area contributed by atoms with Crippen LogP contribution in [0.3, 0.4) is 0 Å². The van der Waals surface area contributed by atoms with Gasteiger partial charge in [-0.1, -0.05) is 6.92 Å².